The lowest BCUT2D eigenvalue weighted by Crippen LogP contribution is -2.21. The fraction of sp³-hybridized carbons (Fsp3) is 0.643. The number of pyridine rings is 1. The Morgan fingerprint density at radius 2 is 2.33 bits per heavy atom. The highest BCUT2D eigenvalue weighted by atomic mass is 32.2. The molecule has 1 aliphatic rings. The lowest BCUT2D eigenvalue weighted by Gasteiger charge is -2.13. The lowest BCUT2D eigenvalue weighted by molar-refractivity contribution is 0.127. The molecule has 2 atom stereocenters. The van der Waals surface area contributed by atoms with E-state index in [0.717, 1.165) is 24.6 Å². The molecule has 0 radical (unpaired) electrons. The average molecular weight is 266 g/mol. The topological polar surface area (TPSA) is 34.1 Å². The third-order valence-corrected chi connectivity index (χ3v) is 4.50. The van der Waals surface area contributed by atoms with Crippen LogP contribution in [0.4, 0.5) is 0 Å². The van der Waals surface area contributed by atoms with Gasteiger partial charge >= 0.3 is 0 Å². The summed E-state index contributed by atoms with van der Waals surface area (Å²) in [6, 6.07) is 4.79. The minimum Gasteiger partial charge on any atom is -0.377 e. The van der Waals surface area contributed by atoms with Crippen molar-refractivity contribution in [1.82, 2.24) is 10.3 Å². The monoisotopic (exact) mass is 266 g/mol. The first-order chi connectivity index (χ1) is 8.65. The predicted octanol–water partition coefficient (Wildman–Crippen LogP) is 2.85. The van der Waals surface area contributed by atoms with Gasteiger partial charge in [-0.25, -0.2) is 4.98 Å². The number of rotatable bonds is 5. The van der Waals surface area contributed by atoms with Gasteiger partial charge in [-0.1, -0.05) is 19.9 Å². The first-order valence-corrected chi connectivity index (χ1v) is 7.49. The van der Waals surface area contributed by atoms with Gasteiger partial charge in [-0.05, 0) is 25.0 Å². The van der Waals surface area contributed by atoms with Gasteiger partial charge in [0.05, 0.1) is 11.1 Å². The zero-order valence-corrected chi connectivity index (χ0v) is 12.2. The minimum atomic E-state index is 0.346. The van der Waals surface area contributed by atoms with E-state index < -0.39 is 0 Å². The number of nitrogens with zero attached hydrogens (tertiary/aromatic N) is 1. The van der Waals surface area contributed by atoms with E-state index in [2.05, 4.69) is 43.2 Å². The molecular formula is C14H22N2OS. The molecule has 1 N–H and O–H groups in total. The Bertz CT molecular complexity index is 367. The number of aromatic nitrogens is 1. The molecule has 0 bridgehead atoms. The van der Waals surface area contributed by atoms with Crippen molar-refractivity contribution in [3.05, 3.63) is 23.9 Å². The molecule has 100 valence electrons. The normalized spacial score (nSPS) is 23.8. The number of hydrogen-bond donors (Lipinski definition) is 1. The third kappa shape index (κ3) is 3.97. The van der Waals surface area contributed by atoms with Crippen LogP contribution in [0.1, 0.15) is 32.8 Å². The van der Waals surface area contributed by atoms with E-state index in [-0.39, 0.29) is 0 Å². The van der Waals surface area contributed by atoms with Gasteiger partial charge in [0.1, 0.15) is 0 Å². The number of ether oxygens (including phenoxy) is 1. The van der Waals surface area contributed by atoms with Crippen LogP contribution in [-0.2, 0) is 11.3 Å². The van der Waals surface area contributed by atoms with Crippen molar-refractivity contribution < 1.29 is 4.74 Å². The molecule has 0 spiro atoms. The van der Waals surface area contributed by atoms with Gasteiger partial charge in [0, 0.05) is 30.6 Å². The van der Waals surface area contributed by atoms with Gasteiger partial charge < -0.3 is 10.1 Å². The minimum absolute atomic E-state index is 0.346. The molecule has 2 rings (SSSR count). The number of nitrogens with one attached hydrogen (secondary N) is 1. The summed E-state index contributed by atoms with van der Waals surface area (Å²) in [6.07, 6.45) is 3.45. The molecule has 1 fully saturated rings. The number of thioether (sulfide) groups is 1. The van der Waals surface area contributed by atoms with Gasteiger partial charge in [0.15, 0.2) is 0 Å². The van der Waals surface area contributed by atoms with Crippen molar-refractivity contribution in [3.63, 3.8) is 0 Å². The van der Waals surface area contributed by atoms with E-state index in [0.29, 0.717) is 17.4 Å². The Hall–Kier alpha value is -0.580. The van der Waals surface area contributed by atoms with Crippen LogP contribution in [0.3, 0.4) is 0 Å². The standard InChI is InChI=1S/C14H22N2OS/c1-10(2)15-8-12-4-5-14(16-9-12)18-13-6-7-17-11(13)3/h4-5,9-11,13,15H,6-8H2,1-3H3. The van der Waals surface area contributed by atoms with E-state index in [1.165, 1.54) is 5.56 Å². The fourth-order valence-electron chi connectivity index (χ4n) is 1.93. The molecule has 3 nitrogen and oxygen atoms in total. The maximum absolute atomic E-state index is 5.57. The zero-order chi connectivity index (χ0) is 13.0. The molecule has 4 heteroatoms. The van der Waals surface area contributed by atoms with Crippen molar-refractivity contribution >= 4 is 11.8 Å². The van der Waals surface area contributed by atoms with Crippen LogP contribution in [-0.4, -0.2) is 29.0 Å². The highest BCUT2D eigenvalue weighted by Crippen LogP contribution is 2.31. The van der Waals surface area contributed by atoms with Crippen molar-refractivity contribution in [1.29, 1.82) is 0 Å². The molecule has 1 saturated heterocycles. The van der Waals surface area contributed by atoms with Crippen LogP contribution in [0.15, 0.2) is 23.4 Å². The fourth-order valence-corrected chi connectivity index (χ4v) is 2.98. The van der Waals surface area contributed by atoms with E-state index in [1.807, 2.05) is 18.0 Å². The van der Waals surface area contributed by atoms with E-state index in [4.69, 9.17) is 4.74 Å². The zero-order valence-electron chi connectivity index (χ0n) is 11.3. The first-order valence-electron chi connectivity index (χ1n) is 6.61. The largest absolute Gasteiger partial charge is 0.377 e. The summed E-state index contributed by atoms with van der Waals surface area (Å²) in [6.45, 7) is 8.22. The Kier molecular flexibility index (Phi) is 5.03. The molecule has 0 aromatic carbocycles. The molecule has 0 aliphatic carbocycles. The Morgan fingerprint density at radius 1 is 1.50 bits per heavy atom. The summed E-state index contributed by atoms with van der Waals surface area (Å²) in [5.74, 6) is 0. The summed E-state index contributed by atoms with van der Waals surface area (Å²) in [5.41, 5.74) is 1.24. The van der Waals surface area contributed by atoms with Crippen LogP contribution in [0.2, 0.25) is 0 Å². The van der Waals surface area contributed by atoms with Crippen LogP contribution < -0.4 is 5.32 Å². The van der Waals surface area contributed by atoms with Crippen LogP contribution in [0.25, 0.3) is 0 Å². The second kappa shape index (κ2) is 6.55. The van der Waals surface area contributed by atoms with Crippen molar-refractivity contribution in [2.24, 2.45) is 0 Å². The molecule has 0 saturated carbocycles. The van der Waals surface area contributed by atoms with Crippen molar-refractivity contribution in [2.75, 3.05) is 6.61 Å². The SMILES string of the molecule is CC(C)NCc1ccc(SC2CCOC2C)nc1. The molecule has 18 heavy (non-hydrogen) atoms. The molecule has 0 amide bonds. The van der Waals surface area contributed by atoms with E-state index in [9.17, 15) is 0 Å². The van der Waals surface area contributed by atoms with Crippen LogP contribution in [0, 0.1) is 0 Å². The third-order valence-electron chi connectivity index (χ3n) is 3.09. The van der Waals surface area contributed by atoms with Crippen molar-refractivity contribution in [2.45, 2.75) is 56.2 Å². The molecule has 2 heterocycles. The van der Waals surface area contributed by atoms with Gasteiger partial charge in [0.2, 0.25) is 0 Å². The van der Waals surface area contributed by atoms with Gasteiger partial charge in [-0.3, -0.25) is 0 Å². The quantitative estimate of drug-likeness (QED) is 0.888. The maximum atomic E-state index is 5.57. The van der Waals surface area contributed by atoms with E-state index in [1.54, 1.807) is 0 Å². The summed E-state index contributed by atoms with van der Waals surface area (Å²) in [4.78, 5) is 4.52. The summed E-state index contributed by atoms with van der Waals surface area (Å²) in [7, 11) is 0. The summed E-state index contributed by atoms with van der Waals surface area (Å²) >= 11 is 1.84. The molecule has 1 aromatic heterocycles. The predicted molar refractivity (Wildman–Crippen MR) is 75.9 cm³/mol. The van der Waals surface area contributed by atoms with Crippen LogP contribution >= 0.6 is 11.8 Å². The average Bonchev–Trinajstić information content (AvgIpc) is 2.74. The molecule has 2 unspecified atom stereocenters. The number of hydrogen-bond acceptors (Lipinski definition) is 4. The van der Waals surface area contributed by atoms with E-state index >= 15 is 0 Å². The van der Waals surface area contributed by atoms with Crippen molar-refractivity contribution in [3.8, 4) is 0 Å². The molecule has 1 aromatic rings. The van der Waals surface area contributed by atoms with Gasteiger partial charge in [-0.15, -0.1) is 11.8 Å². The Labute approximate surface area is 114 Å². The summed E-state index contributed by atoms with van der Waals surface area (Å²) in [5, 5.41) is 5.05. The lowest BCUT2D eigenvalue weighted by atomic mass is 10.2. The second-order valence-electron chi connectivity index (χ2n) is 5.06. The second-order valence-corrected chi connectivity index (χ2v) is 6.32. The maximum Gasteiger partial charge on any atom is 0.0963 e. The van der Waals surface area contributed by atoms with Gasteiger partial charge in [-0.2, -0.15) is 0 Å². The first kappa shape index (κ1) is 13.8. The molecule has 1 aliphatic heterocycles. The molecular weight excluding hydrogens is 244 g/mol. The highest BCUT2D eigenvalue weighted by molar-refractivity contribution is 7.99. The Balaban J connectivity index is 1.87. The van der Waals surface area contributed by atoms with Gasteiger partial charge in [0.25, 0.3) is 0 Å². The summed E-state index contributed by atoms with van der Waals surface area (Å²) < 4.78 is 5.57. The Morgan fingerprint density at radius 3 is 2.89 bits per heavy atom. The van der Waals surface area contributed by atoms with Crippen LogP contribution in [0.5, 0.6) is 0 Å². The smallest absolute Gasteiger partial charge is 0.0963 e. The highest BCUT2D eigenvalue weighted by Gasteiger charge is 2.25.